The normalized spacial score (nSPS) is 9.50. The van der Waals surface area contributed by atoms with E-state index in [0.29, 0.717) is 11.3 Å². The smallest absolute Gasteiger partial charge is 0.191 e. The number of rotatable bonds is 1. The average molecular weight is 167 g/mol. The van der Waals surface area contributed by atoms with Crippen molar-refractivity contribution in [3.63, 3.8) is 0 Å². The lowest BCUT2D eigenvalue weighted by Crippen LogP contribution is -2.21. The zero-order chi connectivity index (χ0) is 9.14. The molecule has 0 aliphatic carbocycles. The van der Waals surface area contributed by atoms with Gasteiger partial charge in [-0.1, -0.05) is 0 Å². The summed E-state index contributed by atoms with van der Waals surface area (Å²) in [7, 11) is 0. The van der Waals surface area contributed by atoms with Gasteiger partial charge in [0, 0.05) is 0 Å². The molecule has 0 aliphatic rings. The minimum absolute atomic E-state index is 0.0268. The van der Waals surface area contributed by atoms with E-state index in [1.807, 2.05) is 0 Å². The van der Waals surface area contributed by atoms with Gasteiger partial charge in [0.1, 0.15) is 5.82 Å². The van der Waals surface area contributed by atoms with Crippen LogP contribution in [0.3, 0.4) is 0 Å². The SMILES string of the molecule is Cc1cc(N=C(N)N)ccc1F. The monoisotopic (exact) mass is 167 g/mol. The average Bonchev–Trinajstić information content (AvgIpc) is 1.96. The lowest BCUT2D eigenvalue weighted by Gasteiger charge is -1.97. The summed E-state index contributed by atoms with van der Waals surface area (Å²) >= 11 is 0. The van der Waals surface area contributed by atoms with Gasteiger partial charge in [-0.05, 0) is 30.7 Å². The molecule has 3 nitrogen and oxygen atoms in total. The predicted molar refractivity (Wildman–Crippen MR) is 46.6 cm³/mol. The molecular weight excluding hydrogens is 157 g/mol. The molecule has 1 aromatic rings. The van der Waals surface area contributed by atoms with Crippen molar-refractivity contribution >= 4 is 11.6 Å². The third-order valence-corrected chi connectivity index (χ3v) is 1.40. The van der Waals surface area contributed by atoms with Crippen LogP contribution >= 0.6 is 0 Å². The van der Waals surface area contributed by atoms with Crippen LogP contribution in [0.25, 0.3) is 0 Å². The Hall–Kier alpha value is -1.58. The Bertz CT molecular complexity index is 316. The van der Waals surface area contributed by atoms with Crippen molar-refractivity contribution in [2.24, 2.45) is 16.5 Å². The molecule has 0 spiro atoms. The van der Waals surface area contributed by atoms with Gasteiger partial charge in [0.25, 0.3) is 0 Å². The van der Waals surface area contributed by atoms with E-state index in [1.54, 1.807) is 13.0 Å². The number of halogens is 1. The first-order chi connectivity index (χ1) is 5.59. The van der Waals surface area contributed by atoms with Crippen molar-refractivity contribution < 1.29 is 4.39 Å². The Kier molecular flexibility index (Phi) is 2.28. The molecule has 12 heavy (non-hydrogen) atoms. The molecule has 0 aromatic heterocycles. The van der Waals surface area contributed by atoms with E-state index in [0.717, 1.165) is 0 Å². The van der Waals surface area contributed by atoms with E-state index in [9.17, 15) is 4.39 Å². The highest BCUT2D eigenvalue weighted by molar-refractivity contribution is 5.79. The Morgan fingerprint density at radius 2 is 2.08 bits per heavy atom. The minimum atomic E-state index is -0.260. The maximum absolute atomic E-state index is 12.7. The van der Waals surface area contributed by atoms with Crippen molar-refractivity contribution in [2.75, 3.05) is 0 Å². The zero-order valence-electron chi connectivity index (χ0n) is 6.71. The number of hydrogen-bond donors (Lipinski definition) is 2. The summed E-state index contributed by atoms with van der Waals surface area (Å²) in [5.74, 6) is -0.287. The fraction of sp³-hybridized carbons (Fsp3) is 0.125. The van der Waals surface area contributed by atoms with Gasteiger partial charge in [-0.25, -0.2) is 9.38 Å². The number of aliphatic imine (C=N–C) groups is 1. The standard InChI is InChI=1S/C8H10FN3/c1-5-4-6(12-8(10)11)2-3-7(5)9/h2-4H,1H3,(H4,10,11,12). The van der Waals surface area contributed by atoms with E-state index < -0.39 is 0 Å². The highest BCUT2D eigenvalue weighted by Gasteiger charge is 1.97. The fourth-order valence-corrected chi connectivity index (χ4v) is 0.847. The summed E-state index contributed by atoms with van der Waals surface area (Å²) in [5, 5.41) is 0. The molecule has 0 amide bonds. The molecule has 0 radical (unpaired) electrons. The van der Waals surface area contributed by atoms with Crippen molar-refractivity contribution in [3.05, 3.63) is 29.6 Å². The second kappa shape index (κ2) is 3.21. The number of nitrogens with zero attached hydrogens (tertiary/aromatic N) is 1. The van der Waals surface area contributed by atoms with Gasteiger partial charge >= 0.3 is 0 Å². The van der Waals surface area contributed by atoms with Crippen molar-refractivity contribution in [1.29, 1.82) is 0 Å². The number of aryl methyl sites for hydroxylation is 1. The largest absolute Gasteiger partial charge is 0.370 e. The third kappa shape index (κ3) is 1.95. The quantitative estimate of drug-likeness (QED) is 0.484. The van der Waals surface area contributed by atoms with Gasteiger partial charge < -0.3 is 11.5 Å². The van der Waals surface area contributed by atoms with Gasteiger partial charge in [0.15, 0.2) is 5.96 Å². The summed E-state index contributed by atoms with van der Waals surface area (Å²) in [4.78, 5) is 3.77. The summed E-state index contributed by atoms with van der Waals surface area (Å²) < 4.78 is 12.7. The molecule has 0 fully saturated rings. The van der Waals surface area contributed by atoms with Gasteiger partial charge in [-0.3, -0.25) is 0 Å². The summed E-state index contributed by atoms with van der Waals surface area (Å²) in [6.45, 7) is 1.65. The van der Waals surface area contributed by atoms with Gasteiger partial charge in [0.2, 0.25) is 0 Å². The van der Waals surface area contributed by atoms with Crippen molar-refractivity contribution in [1.82, 2.24) is 0 Å². The van der Waals surface area contributed by atoms with Gasteiger partial charge in [-0.2, -0.15) is 0 Å². The minimum Gasteiger partial charge on any atom is -0.370 e. The van der Waals surface area contributed by atoms with Crippen LogP contribution in [0.15, 0.2) is 23.2 Å². The molecule has 0 aliphatic heterocycles. The third-order valence-electron chi connectivity index (χ3n) is 1.40. The number of guanidine groups is 1. The predicted octanol–water partition coefficient (Wildman–Crippen LogP) is 1.04. The van der Waals surface area contributed by atoms with Crippen LogP contribution in [-0.4, -0.2) is 5.96 Å². The summed E-state index contributed by atoms with van der Waals surface area (Å²) in [6, 6.07) is 4.42. The van der Waals surface area contributed by atoms with Crippen LogP contribution in [0.1, 0.15) is 5.56 Å². The molecule has 0 atom stereocenters. The van der Waals surface area contributed by atoms with E-state index in [2.05, 4.69) is 4.99 Å². The first kappa shape index (κ1) is 8.52. The lowest BCUT2D eigenvalue weighted by atomic mass is 10.2. The van der Waals surface area contributed by atoms with E-state index in [-0.39, 0.29) is 11.8 Å². The van der Waals surface area contributed by atoms with Crippen LogP contribution in [-0.2, 0) is 0 Å². The van der Waals surface area contributed by atoms with Crippen LogP contribution in [0.4, 0.5) is 10.1 Å². The fourth-order valence-electron chi connectivity index (χ4n) is 0.847. The van der Waals surface area contributed by atoms with Gasteiger partial charge in [-0.15, -0.1) is 0 Å². The van der Waals surface area contributed by atoms with Crippen LogP contribution < -0.4 is 11.5 Å². The Morgan fingerprint density at radius 1 is 1.42 bits per heavy atom. The molecule has 0 saturated carbocycles. The lowest BCUT2D eigenvalue weighted by molar-refractivity contribution is 0.618. The van der Waals surface area contributed by atoms with E-state index >= 15 is 0 Å². The topological polar surface area (TPSA) is 64.4 Å². The Balaban J connectivity index is 3.05. The zero-order valence-corrected chi connectivity index (χ0v) is 6.71. The molecule has 0 saturated heterocycles. The van der Waals surface area contributed by atoms with E-state index in [1.165, 1.54) is 12.1 Å². The number of nitrogens with two attached hydrogens (primary N) is 2. The highest BCUT2D eigenvalue weighted by Crippen LogP contribution is 2.15. The second-order valence-corrected chi connectivity index (χ2v) is 2.47. The first-order valence-corrected chi connectivity index (χ1v) is 3.45. The maximum atomic E-state index is 12.7. The Morgan fingerprint density at radius 3 is 2.58 bits per heavy atom. The number of hydrogen-bond acceptors (Lipinski definition) is 1. The first-order valence-electron chi connectivity index (χ1n) is 3.45. The van der Waals surface area contributed by atoms with Crippen LogP contribution in [0.2, 0.25) is 0 Å². The van der Waals surface area contributed by atoms with Crippen molar-refractivity contribution in [2.45, 2.75) is 6.92 Å². The summed E-state index contributed by atoms with van der Waals surface area (Å²) in [6.07, 6.45) is 0. The summed E-state index contributed by atoms with van der Waals surface area (Å²) in [5.41, 5.74) is 11.4. The molecule has 0 heterocycles. The molecule has 4 N–H and O–H groups in total. The van der Waals surface area contributed by atoms with Crippen LogP contribution in [0, 0.1) is 12.7 Å². The van der Waals surface area contributed by atoms with E-state index in [4.69, 9.17) is 11.5 Å². The second-order valence-electron chi connectivity index (χ2n) is 2.47. The molecule has 4 heteroatoms. The molecule has 0 bridgehead atoms. The molecule has 0 unspecified atom stereocenters. The number of benzene rings is 1. The molecule has 64 valence electrons. The molecule has 1 aromatic carbocycles. The van der Waals surface area contributed by atoms with Crippen LogP contribution in [0.5, 0.6) is 0 Å². The Labute approximate surface area is 69.9 Å². The molecule has 1 rings (SSSR count). The van der Waals surface area contributed by atoms with Gasteiger partial charge in [0.05, 0.1) is 5.69 Å². The highest BCUT2D eigenvalue weighted by atomic mass is 19.1. The maximum Gasteiger partial charge on any atom is 0.191 e. The molecular formula is C8H10FN3. The van der Waals surface area contributed by atoms with Crippen molar-refractivity contribution in [3.8, 4) is 0 Å².